The Morgan fingerprint density at radius 2 is 2.04 bits per heavy atom. The van der Waals surface area contributed by atoms with Gasteiger partial charge in [0.1, 0.15) is 0 Å². The zero-order valence-electron chi connectivity index (χ0n) is 13.5. The van der Waals surface area contributed by atoms with E-state index in [0.717, 1.165) is 12.0 Å². The van der Waals surface area contributed by atoms with Crippen LogP contribution in [0.1, 0.15) is 48.1 Å². The average molecular weight is 309 g/mol. The second-order valence-corrected chi connectivity index (χ2v) is 6.15. The molecule has 0 fully saturated rings. The van der Waals surface area contributed by atoms with E-state index in [4.69, 9.17) is 0 Å². The van der Waals surface area contributed by atoms with Crippen molar-refractivity contribution in [3.05, 3.63) is 65.0 Å². The van der Waals surface area contributed by atoms with Crippen molar-refractivity contribution in [2.24, 2.45) is 0 Å². The highest BCUT2D eigenvalue weighted by Crippen LogP contribution is 2.24. The maximum absolute atomic E-state index is 12.0. The second-order valence-electron chi connectivity index (χ2n) is 6.15. The molecule has 1 atom stereocenters. The first kappa shape index (κ1) is 15.5. The molecule has 4 nitrogen and oxygen atoms in total. The molecule has 0 spiro atoms. The number of aryl methyl sites for hydroxylation is 2. The van der Waals surface area contributed by atoms with Gasteiger partial charge in [-0.1, -0.05) is 24.3 Å². The lowest BCUT2D eigenvalue weighted by Gasteiger charge is -2.20. The quantitative estimate of drug-likeness (QED) is 0.908. The molecule has 2 N–H and O–H groups in total. The number of fused-ring (bicyclic) bond motifs is 1. The van der Waals surface area contributed by atoms with Crippen LogP contribution in [0.25, 0.3) is 0 Å². The molecular weight excluding hydrogens is 286 g/mol. The SMILES string of the molecule is CC(NC(=O)NCc1cccnc1)c1ccc2c(c1)CCCC2. The molecule has 1 aromatic heterocycles. The highest BCUT2D eigenvalue weighted by atomic mass is 16.2. The van der Waals surface area contributed by atoms with Crippen LogP contribution in [0.5, 0.6) is 0 Å². The Hall–Kier alpha value is -2.36. The summed E-state index contributed by atoms with van der Waals surface area (Å²) in [5.41, 5.74) is 5.07. The van der Waals surface area contributed by atoms with Gasteiger partial charge in [0.15, 0.2) is 0 Å². The number of hydrogen-bond acceptors (Lipinski definition) is 2. The molecule has 0 saturated heterocycles. The molecule has 2 aromatic rings. The molecule has 1 aliphatic rings. The Bertz CT molecular complexity index is 670. The largest absolute Gasteiger partial charge is 0.334 e. The fraction of sp³-hybridized carbons (Fsp3) is 0.368. The van der Waals surface area contributed by atoms with Gasteiger partial charge in [-0.2, -0.15) is 0 Å². The summed E-state index contributed by atoms with van der Waals surface area (Å²) in [4.78, 5) is 16.1. The summed E-state index contributed by atoms with van der Waals surface area (Å²) >= 11 is 0. The smallest absolute Gasteiger partial charge is 0.315 e. The van der Waals surface area contributed by atoms with Gasteiger partial charge in [-0.15, -0.1) is 0 Å². The molecule has 120 valence electrons. The monoisotopic (exact) mass is 309 g/mol. The standard InChI is InChI=1S/C19H23N3O/c1-14(17-9-8-16-6-2-3-7-18(16)11-17)22-19(23)21-13-15-5-4-10-20-12-15/h4-5,8-12,14H,2-3,6-7,13H2,1H3,(H2,21,22,23). The van der Waals surface area contributed by atoms with E-state index in [2.05, 4.69) is 33.8 Å². The van der Waals surface area contributed by atoms with Crippen LogP contribution in [0.4, 0.5) is 4.79 Å². The molecule has 1 aromatic carbocycles. The summed E-state index contributed by atoms with van der Waals surface area (Å²) < 4.78 is 0. The van der Waals surface area contributed by atoms with Gasteiger partial charge in [0.2, 0.25) is 0 Å². The van der Waals surface area contributed by atoms with Gasteiger partial charge in [-0.25, -0.2) is 4.79 Å². The maximum Gasteiger partial charge on any atom is 0.315 e. The third-order valence-corrected chi connectivity index (χ3v) is 4.40. The molecule has 1 heterocycles. The molecule has 0 saturated carbocycles. The second kappa shape index (κ2) is 7.27. The summed E-state index contributed by atoms with van der Waals surface area (Å²) in [6, 6.07) is 10.3. The number of aromatic nitrogens is 1. The van der Waals surface area contributed by atoms with E-state index in [1.165, 1.54) is 36.0 Å². The minimum atomic E-state index is -0.154. The van der Waals surface area contributed by atoms with Crippen LogP contribution in [0.3, 0.4) is 0 Å². The lowest BCUT2D eigenvalue weighted by Crippen LogP contribution is -2.36. The number of rotatable bonds is 4. The van der Waals surface area contributed by atoms with E-state index in [1.807, 2.05) is 19.1 Å². The van der Waals surface area contributed by atoms with Crippen molar-refractivity contribution in [3.8, 4) is 0 Å². The molecule has 23 heavy (non-hydrogen) atoms. The Kier molecular flexibility index (Phi) is 4.91. The van der Waals surface area contributed by atoms with E-state index in [1.54, 1.807) is 12.4 Å². The van der Waals surface area contributed by atoms with Crippen molar-refractivity contribution in [3.63, 3.8) is 0 Å². The van der Waals surface area contributed by atoms with Crippen LogP contribution in [-0.2, 0) is 19.4 Å². The number of pyridine rings is 1. The number of amides is 2. The van der Waals surface area contributed by atoms with Crippen molar-refractivity contribution >= 4 is 6.03 Å². The predicted octanol–water partition coefficient (Wildman–Crippen LogP) is 3.52. The van der Waals surface area contributed by atoms with Gasteiger partial charge in [0.25, 0.3) is 0 Å². The number of urea groups is 1. The van der Waals surface area contributed by atoms with E-state index in [-0.39, 0.29) is 12.1 Å². The zero-order chi connectivity index (χ0) is 16.1. The molecule has 1 unspecified atom stereocenters. The third kappa shape index (κ3) is 4.09. The lowest BCUT2D eigenvalue weighted by molar-refractivity contribution is 0.237. The van der Waals surface area contributed by atoms with Crippen molar-refractivity contribution in [1.29, 1.82) is 0 Å². The number of carbonyl (C=O) groups is 1. The van der Waals surface area contributed by atoms with Crippen LogP contribution in [0, 0.1) is 0 Å². The van der Waals surface area contributed by atoms with Crippen molar-refractivity contribution in [2.45, 2.75) is 45.2 Å². The Labute approximate surface area is 137 Å². The molecule has 0 bridgehead atoms. The fourth-order valence-corrected chi connectivity index (χ4v) is 3.04. The normalized spacial score (nSPS) is 14.7. The number of carbonyl (C=O) groups excluding carboxylic acids is 1. The minimum Gasteiger partial charge on any atom is -0.334 e. The zero-order valence-corrected chi connectivity index (χ0v) is 13.5. The fourth-order valence-electron chi connectivity index (χ4n) is 3.04. The van der Waals surface area contributed by atoms with Crippen LogP contribution in [0.2, 0.25) is 0 Å². The first-order valence-corrected chi connectivity index (χ1v) is 8.27. The van der Waals surface area contributed by atoms with Gasteiger partial charge in [-0.3, -0.25) is 4.98 Å². The van der Waals surface area contributed by atoms with Crippen molar-refractivity contribution in [1.82, 2.24) is 15.6 Å². The average Bonchev–Trinajstić information content (AvgIpc) is 2.60. The summed E-state index contributed by atoms with van der Waals surface area (Å²) in [6.07, 6.45) is 8.38. The first-order valence-electron chi connectivity index (χ1n) is 8.27. The maximum atomic E-state index is 12.0. The van der Waals surface area contributed by atoms with Crippen molar-refractivity contribution in [2.75, 3.05) is 0 Å². The number of nitrogens with one attached hydrogen (secondary N) is 2. The molecular formula is C19H23N3O. The van der Waals surface area contributed by atoms with Crippen molar-refractivity contribution < 1.29 is 4.79 Å². The molecule has 0 radical (unpaired) electrons. The summed E-state index contributed by atoms with van der Waals surface area (Å²) in [7, 11) is 0. The Morgan fingerprint density at radius 3 is 2.83 bits per heavy atom. The molecule has 2 amide bonds. The Morgan fingerprint density at radius 1 is 1.22 bits per heavy atom. The van der Waals surface area contributed by atoms with E-state index in [0.29, 0.717) is 6.54 Å². The lowest BCUT2D eigenvalue weighted by atomic mass is 9.89. The molecule has 4 heteroatoms. The van der Waals surface area contributed by atoms with Crippen LogP contribution >= 0.6 is 0 Å². The van der Waals surface area contributed by atoms with Gasteiger partial charge < -0.3 is 10.6 Å². The van der Waals surface area contributed by atoms with Gasteiger partial charge >= 0.3 is 6.03 Å². The summed E-state index contributed by atoms with van der Waals surface area (Å²) in [5.74, 6) is 0. The predicted molar refractivity (Wildman–Crippen MR) is 91.1 cm³/mol. The third-order valence-electron chi connectivity index (χ3n) is 4.40. The molecule has 0 aliphatic heterocycles. The summed E-state index contributed by atoms with van der Waals surface area (Å²) in [5, 5.41) is 5.87. The van der Waals surface area contributed by atoms with E-state index < -0.39 is 0 Å². The van der Waals surface area contributed by atoms with Crippen LogP contribution in [0.15, 0.2) is 42.7 Å². The van der Waals surface area contributed by atoms with E-state index >= 15 is 0 Å². The number of nitrogens with zero attached hydrogens (tertiary/aromatic N) is 1. The highest BCUT2D eigenvalue weighted by molar-refractivity contribution is 5.74. The first-order chi connectivity index (χ1) is 11.2. The highest BCUT2D eigenvalue weighted by Gasteiger charge is 2.13. The summed E-state index contributed by atoms with van der Waals surface area (Å²) in [6.45, 7) is 2.50. The van der Waals surface area contributed by atoms with Gasteiger partial charge in [-0.05, 0) is 60.9 Å². The number of hydrogen-bond donors (Lipinski definition) is 2. The van der Waals surface area contributed by atoms with Crippen LogP contribution in [-0.4, -0.2) is 11.0 Å². The number of benzene rings is 1. The van der Waals surface area contributed by atoms with Crippen LogP contribution < -0.4 is 10.6 Å². The topological polar surface area (TPSA) is 54.0 Å². The van der Waals surface area contributed by atoms with Gasteiger partial charge in [0, 0.05) is 18.9 Å². The Balaban J connectivity index is 1.56. The van der Waals surface area contributed by atoms with E-state index in [9.17, 15) is 4.79 Å². The molecule has 3 rings (SSSR count). The van der Waals surface area contributed by atoms with Gasteiger partial charge in [0.05, 0.1) is 6.04 Å². The molecule has 1 aliphatic carbocycles. The minimum absolute atomic E-state index is 0.00359.